The van der Waals surface area contributed by atoms with Crippen LogP contribution in [0.15, 0.2) is 47.0 Å². The average Bonchev–Trinajstić information content (AvgIpc) is 3.32. The van der Waals surface area contributed by atoms with Crippen molar-refractivity contribution in [1.82, 2.24) is 10.1 Å². The highest BCUT2D eigenvalue weighted by atomic mass is 16.7. The third-order valence-electron chi connectivity index (χ3n) is 4.85. The molecule has 0 saturated heterocycles. The molecule has 0 spiro atoms. The van der Waals surface area contributed by atoms with Crippen LogP contribution in [0.2, 0.25) is 0 Å². The molecule has 7 nitrogen and oxygen atoms in total. The zero-order valence-corrected chi connectivity index (χ0v) is 16.6. The number of fused-ring (bicyclic) bond motifs is 1. The summed E-state index contributed by atoms with van der Waals surface area (Å²) < 4.78 is 21.7. The van der Waals surface area contributed by atoms with Crippen molar-refractivity contribution in [2.24, 2.45) is 0 Å². The number of nitrogens with zero attached hydrogens (tertiary/aromatic N) is 2. The molecule has 2 aromatic carbocycles. The molecule has 2 heterocycles. The van der Waals surface area contributed by atoms with Crippen molar-refractivity contribution >= 4 is 5.91 Å². The summed E-state index contributed by atoms with van der Waals surface area (Å²) >= 11 is 0. The summed E-state index contributed by atoms with van der Waals surface area (Å²) in [6.45, 7) is 4.75. The van der Waals surface area contributed by atoms with Crippen LogP contribution in [0.5, 0.6) is 17.2 Å². The fourth-order valence-corrected chi connectivity index (χ4v) is 3.19. The fraction of sp³-hybridized carbons (Fsp3) is 0.273. The summed E-state index contributed by atoms with van der Waals surface area (Å²) in [5.74, 6) is 2.69. The maximum absolute atomic E-state index is 12.9. The van der Waals surface area contributed by atoms with Crippen molar-refractivity contribution in [1.29, 1.82) is 0 Å². The first-order valence-electron chi connectivity index (χ1n) is 9.30. The average molecular weight is 394 g/mol. The normalized spacial score (nSPS) is 12.1. The fourth-order valence-electron chi connectivity index (χ4n) is 3.19. The first-order chi connectivity index (χ1) is 14.0. The summed E-state index contributed by atoms with van der Waals surface area (Å²) in [4.78, 5) is 14.5. The van der Waals surface area contributed by atoms with Crippen LogP contribution in [0.1, 0.15) is 32.9 Å². The number of hydrogen-bond acceptors (Lipinski definition) is 6. The molecule has 150 valence electrons. The number of hydrogen-bond donors (Lipinski definition) is 0. The molecule has 0 aliphatic carbocycles. The highest BCUT2D eigenvalue weighted by Crippen LogP contribution is 2.32. The summed E-state index contributed by atoms with van der Waals surface area (Å²) in [6.07, 6.45) is 0. The van der Waals surface area contributed by atoms with Gasteiger partial charge in [0.1, 0.15) is 18.1 Å². The van der Waals surface area contributed by atoms with Crippen LogP contribution >= 0.6 is 0 Å². The SMILES string of the molecule is Cc1noc(C)c1COc1cccc(C(=O)N(C)Cc2ccc3c(c2)OCO3)c1. The molecule has 0 unspecified atom stereocenters. The minimum Gasteiger partial charge on any atom is -0.489 e. The second kappa shape index (κ2) is 7.87. The lowest BCUT2D eigenvalue weighted by Crippen LogP contribution is -2.26. The predicted molar refractivity (Wildman–Crippen MR) is 105 cm³/mol. The molecule has 4 rings (SSSR count). The molecule has 1 aromatic heterocycles. The Morgan fingerprint density at radius 3 is 2.76 bits per heavy atom. The summed E-state index contributed by atoms with van der Waals surface area (Å²) in [5, 5.41) is 3.93. The van der Waals surface area contributed by atoms with Crippen molar-refractivity contribution < 1.29 is 23.5 Å². The molecular formula is C22H22N2O5. The van der Waals surface area contributed by atoms with Crippen LogP contribution in [0.4, 0.5) is 0 Å². The highest BCUT2D eigenvalue weighted by Gasteiger charge is 2.17. The van der Waals surface area contributed by atoms with Gasteiger partial charge in [0.05, 0.1) is 11.3 Å². The molecule has 1 amide bonds. The van der Waals surface area contributed by atoms with Crippen molar-refractivity contribution in [3.8, 4) is 17.2 Å². The number of amides is 1. The van der Waals surface area contributed by atoms with E-state index in [1.807, 2.05) is 44.2 Å². The van der Waals surface area contributed by atoms with E-state index in [-0.39, 0.29) is 12.7 Å². The molecule has 7 heteroatoms. The third-order valence-corrected chi connectivity index (χ3v) is 4.85. The summed E-state index contributed by atoms with van der Waals surface area (Å²) in [7, 11) is 1.77. The van der Waals surface area contributed by atoms with Gasteiger partial charge in [-0.2, -0.15) is 0 Å². The van der Waals surface area contributed by atoms with Gasteiger partial charge in [-0.05, 0) is 49.7 Å². The maximum Gasteiger partial charge on any atom is 0.254 e. The van der Waals surface area contributed by atoms with Gasteiger partial charge in [-0.3, -0.25) is 4.79 Å². The highest BCUT2D eigenvalue weighted by molar-refractivity contribution is 5.94. The minimum atomic E-state index is -0.0922. The van der Waals surface area contributed by atoms with Crippen LogP contribution in [-0.2, 0) is 13.2 Å². The Hall–Kier alpha value is -3.48. The zero-order chi connectivity index (χ0) is 20.4. The largest absolute Gasteiger partial charge is 0.489 e. The van der Waals surface area contributed by atoms with Crippen molar-refractivity contribution in [2.75, 3.05) is 13.8 Å². The van der Waals surface area contributed by atoms with Gasteiger partial charge in [0.15, 0.2) is 11.5 Å². The van der Waals surface area contributed by atoms with Gasteiger partial charge in [0.2, 0.25) is 6.79 Å². The van der Waals surface area contributed by atoms with Gasteiger partial charge in [-0.15, -0.1) is 0 Å². The molecule has 0 atom stereocenters. The van der Waals surface area contributed by atoms with E-state index in [1.165, 1.54) is 0 Å². The first-order valence-corrected chi connectivity index (χ1v) is 9.30. The van der Waals surface area contributed by atoms with E-state index >= 15 is 0 Å². The van der Waals surface area contributed by atoms with Crippen LogP contribution in [-0.4, -0.2) is 29.8 Å². The van der Waals surface area contributed by atoms with Crippen LogP contribution < -0.4 is 14.2 Å². The zero-order valence-electron chi connectivity index (χ0n) is 16.6. The van der Waals surface area contributed by atoms with E-state index in [9.17, 15) is 4.79 Å². The van der Waals surface area contributed by atoms with E-state index in [0.29, 0.717) is 30.2 Å². The lowest BCUT2D eigenvalue weighted by molar-refractivity contribution is 0.0784. The topological polar surface area (TPSA) is 74.0 Å². The summed E-state index contributed by atoms with van der Waals surface area (Å²) in [5.41, 5.74) is 3.25. The third kappa shape index (κ3) is 4.03. The standard InChI is InChI=1S/C22H22N2O5/c1-14-19(15(2)29-23-14)12-26-18-6-4-5-17(10-18)22(25)24(3)11-16-7-8-20-21(9-16)28-13-27-20/h4-10H,11-13H2,1-3H3. The van der Waals surface area contributed by atoms with Crippen molar-refractivity contribution in [3.63, 3.8) is 0 Å². The van der Waals surface area contributed by atoms with Gasteiger partial charge < -0.3 is 23.6 Å². The Morgan fingerprint density at radius 1 is 1.14 bits per heavy atom. The van der Waals surface area contributed by atoms with E-state index < -0.39 is 0 Å². The number of ether oxygens (including phenoxy) is 3. The number of benzene rings is 2. The van der Waals surface area contributed by atoms with E-state index in [2.05, 4.69) is 5.16 Å². The van der Waals surface area contributed by atoms with E-state index in [1.54, 1.807) is 24.1 Å². The predicted octanol–water partition coefficient (Wildman–Crippen LogP) is 3.87. The Kier molecular flexibility index (Phi) is 5.12. The molecule has 0 N–H and O–H groups in total. The molecular weight excluding hydrogens is 372 g/mol. The van der Waals surface area contributed by atoms with Crippen LogP contribution in [0, 0.1) is 13.8 Å². The summed E-state index contributed by atoms with van der Waals surface area (Å²) in [6, 6.07) is 12.9. The van der Waals surface area contributed by atoms with Gasteiger partial charge in [-0.25, -0.2) is 0 Å². The van der Waals surface area contributed by atoms with E-state index in [4.69, 9.17) is 18.7 Å². The van der Waals surface area contributed by atoms with Crippen LogP contribution in [0.3, 0.4) is 0 Å². The van der Waals surface area contributed by atoms with Crippen molar-refractivity contribution in [2.45, 2.75) is 27.0 Å². The lowest BCUT2D eigenvalue weighted by atomic mass is 10.1. The molecule has 3 aromatic rings. The second-order valence-electron chi connectivity index (χ2n) is 6.97. The minimum absolute atomic E-state index is 0.0922. The smallest absolute Gasteiger partial charge is 0.254 e. The number of rotatable bonds is 6. The quantitative estimate of drug-likeness (QED) is 0.632. The van der Waals surface area contributed by atoms with Crippen LogP contribution in [0.25, 0.3) is 0 Å². The van der Waals surface area contributed by atoms with Gasteiger partial charge >= 0.3 is 0 Å². The van der Waals surface area contributed by atoms with Gasteiger partial charge in [0.25, 0.3) is 5.91 Å². The number of aromatic nitrogens is 1. The van der Waals surface area contributed by atoms with Gasteiger partial charge in [0, 0.05) is 19.2 Å². The Morgan fingerprint density at radius 2 is 1.97 bits per heavy atom. The Bertz CT molecular complexity index is 1020. The molecule has 29 heavy (non-hydrogen) atoms. The molecule has 1 aliphatic heterocycles. The maximum atomic E-state index is 12.9. The molecule has 0 saturated carbocycles. The monoisotopic (exact) mass is 394 g/mol. The molecule has 0 fully saturated rings. The number of carbonyl (C=O) groups is 1. The van der Waals surface area contributed by atoms with Gasteiger partial charge in [-0.1, -0.05) is 17.3 Å². The number of carbonyl (C=O) groups excluding carboxylic acids is 1. The first kappa shape index (κ1) is 18.9. The van der Waals surface area contributed by atoms with E-state index in [0.717, 1.165) is 28.3 Å². The molecule has 1 aliphatic rings. The lowest BCUT2D eigenvalue weighted by Gasteiger charge is -2.18. The Labute approximate surface area is 168 Å². The second-order valence-corrected chi connectivity index (χ2v) is 6.97. The number of aryl methyl sites for hydroxylation is 2. The molecule has 0 bridgehead atoms. The Balaban J connectivity index is 1.42. The van der Waals surface area contributed by atoms with Crippen molar-refractivity contribution in [3.05, 3.63) is 70.6 Å². The molecule has 0 radical (unpaired) electrons.